The fourth-order valence-corrected chi connectivity index (χ4v) is 1.81. The molecule has 1 rings (SSSR count). The van der Waals surface area contributed by atoms with Crippen molar-refractivity contribution < 1.29 is 9.59 Å². The van der Waals surface area contributed by atoms with Crippen molar-refractivity contribution in [2.24, 2.45) is 0 Å². The molecule has 1 aromatic heterocycles. The maximum absolute atomic E-state index is 11.6. The maximum Gasteiger partial charge on any atom is 0.229 e. The van der Waals surface area contributed by atoms with E-state index in [0.717, 1.165) is 30.8 Å². The number of rotatable bonds is 6. The Bertz CT molecular complexity index is 408. The van der Waals surface area contributed by atoms with E-state index in [2.05, 4.69) is 11.9 Å². The van der Waals surface area contributed by atoms with Gasteiger partial charge < -0.3 is 4.79 Å². The Morgan fingerprint density at radius 2 is 2.00 bits per heavy atom. The molecule has 0 aromatic carbocycles. The third-order valence-electron chi connectivity index (χ3n) is 2.71. The summed E-state index contributed by atoms with van der Waals surface area (Å²) in [6.45, 7) is 5.21. The Kier molecular flexibility index (Phi) is 5.07. The molecular formula is C13H20N2O2. The van der Waals surface area contributed by atoms with Gasteiger partial charge in [-0.05, 0) is 19.8 Å². The zero-order valence-electron chi connectivity index (χ0n) is 10.8. The van der Waals surface area contributed by atoms with Crippen molar-refractivity contribution in [3.8, 4) is 0 Å². The molecule has 94 valence electrons. The standard InChI is InChI=1S/C13H20N2O2/c1-4-5-6-13-14-9-12(8-7-10(2)16)15(13)11(3)17/h9H,4-8H2,1-3H3. The average molecular weight is 236 g/mol. The summed E-state index contributed by atoms with van der Waals surface area (Å²) in [6.07, 6.45) is 5.69. The van der Waals surface area contributed by atoms with Gasteiger partial charge in [-0.2, -0.15) is 0 Å². The van der Waals surface area contributed by atoms with Crippen LogP contribution in [-0.4, -0.2) is 21.2 Å². The number of carbonyl (C=O) groups is 2. The topological polar surface area (TPSA) is 52.0 Å². The number of aromatic nitrogens is 2. The Hall–Kier alpha value is -1.45. The first-order valence-corrected chi connectivity index (χ1v) is 6.12. The van der Waals surface area contributed by atoms with Gasteiger partial charge in [-0.25, -0.2) is 4.98 Å². The number of Topliss-reactive ketones (excluding diaryl/α,β-unsaturated/α-hetero) is 1. The van der Waals surface area contributed by atoms with Crippen molar-refractivity contribution in [2.75, 3.05) is 0 Å². The summed E-state index contributed by atoms with van der Waals surface area (Å²) < 4.78 is 1.65. The molecule has 0 atom stereocenters. The van der Waals surface area contributed by atoms with Gasteiger partial charge in [-0.1, -0.05) is 13.3 Å². The largest absolute Gasteiger partial charge is 0.300 e. The van der Waals surface area contributed by atoms with E-state index in [9.17, 15) is 9.59 Å². The summed E-state index contributed by atoms with van der Waals surface area (Å²) in [5.41, 5.74) is 0.846. The van der Waals surface area contributed by atoms with Gasteiger partial charge in [0.2, 0.25) is 5.91 Å². The van der Waals surface area contributed by atoms with Crippen molar-refractivity contribution >= 4 is 11.7 Å². The summed E-state index contributed by atoms with van der Waals surface area (Å²) in [5, 5.41) is 0. The molecule has 0 aliphatic carbocycles. The molecule has 0 saturated heterocycles. The molecule has 0 N–H and O–H groups in total. The number of hydrogen-bond donors (Lipinski definition) is 0. The Labute approximate surface area is 102 Å². The molecule has 0 fully saturated rings. The molecule has 17 heavy (non-hydrogen) atoms. The highest BCUT2D eigenvalue weighted by Crippen LogP contribution is 2.11. The van der Waals surface area contributed by atoms with E-state index in [1.807, 2.05) is 0 Å². The molecule has 0 aliphatic heterocycles. The van der Waals surface area contributed by atoms with Gasteiger partial charge in [-0.3, -0.25) is 9.36 Å². The van der Waals surface area contributed by atoms with Crippen molar-refractivity contribution in [1.82, 2.24) is 9.55 Å². The lowest BCUT2D eigenvalue weighted by molar-refractivity contribution is -0.117. The zero-order chi connectivity index (χ0) is 12.8. The van der Waals surface area contributed by atoms with Crippen molar-refractivity contribution in [3.05, 3.63) is 17.7 Å². The third-order valence-corrected chi connectivity index (χ3v) is 2.71. The first kappa shape index (κ1) is 13.6. The number of ketones is 1. The van der Waals surface area contributed by atoms with Crippen LogP contribution in [0.15, 0.2) is 6.20 Å². The summed E-state index contributed by atoms with van der Waals surface area (Å²) >= 11 is 0. The maximum atomic E-state index is 11.6. The quantitative estimate of drug-likeness (QED) is 0.762. The van der Waals surface area contributed by atoms with Crippen LogP contribution < -0.4 is 0 Å². The smallest absolute Gasteiger partial charge is 0.229 e. The van der Waals surface area contributed by atoms with Crippen LogP contribution in [0.3, 0.4) is 0 Å². The second-order valence-electron chi connectivity index (χ2n) is 4.33. The Morgan fingerprint density at radius 1 is 1.29 bits per heavy atom. The SMILES string of the molecule is CCCCc1ncc(CCC(C)=O)n1C(C)=O. The second-order valence-corrected chi connectivity index (χ2v) is 4.33. The third kappa shape index (κ3) is 3.80. The lowest BCUT2D eigenvalue weighted by atomic mass is 10.2. The van der Waals surface area contributed by atoms with Crippen molar-refractivity contribution in [3.63, 3.8) is 0 Å². The minimum atomic E-state index is -0.0212. The van der Waals surface area contributed by atoms with Crippen LogP contribution in [0.5, 0.6) is 0 Å². The average Bonchev–Trinajstić information content (AvgIpc) is 2.66. The minimum absolute atomic E-state index is 0.0212. The number of unbranched alkanes of at least 4 members (excludes halogenated alkanes) is 1. The highest BCUT2D eigenvalue weighted by Gasteiger charge is 2.13. The lowest BCUT2D eigenvalue weighted by Gasteiger charge is -2.07. The highest BCUT2D eigenvalue weighted by atomic mass is 16.2. The molecule has 0 radical (unpaired) electrons. The normalized spacial score (nSPS) is 10.5. The van der Waals surface area contributed by atoms with Gasteiger partial charge in [0.05, 0.1) is 0 Å². The van der Waals surface area contributed by atoms with Crippen molar-refractivity contribution in [2.45, 2.75) is 52.9 Å². The van der Waals surface area contributed by atoms with Crippen LogP contribution in [0.2, 0.25) is 0 Å². The molecule has 1 aromatic rings. The van der Waals surface area contributed by atoms with Gasteiger partial charge in [0.1, 0.15) is 11.6 Å². The zero-order valence-corrected chi connectivity index (χ0v) is 10.8. The number of hydrogen-bond acceptors (Lipinski definition) is 3. The number of carbonyl (C=O) groups excluding carboxylic acids is 2. The molecule has 0 amide bonds. The second kappa shape index (κ2) is 6.33. The van der Waals surface area contributed by atoms with E-state index < -0.39 is 0 Å². The van der Waals surface area contributed by atoms with Crippen LogP contribution in [-0.2, 0) is 17.6 Å². The first-order chi connectivity index (χ1) is 8.06. The van der Waals surface area contributed by atoms with E-state index in [0.29, 0.717) is 12.8 Å². The summed E-state index contributed by atoms with van der Waals surface area (Å²) in [7, 11) is 0. The monoisotopic (exact) mass is 236 g/mol. The van der Waals surface area contributed by atoms with Gasteiger partial charge >= 0.3 is 0 Å². The predicted octanol–water partition coefficient (Wildman–Crippen LogP) is 2.41. The molecule has 0 saturated carbocycles. The van der Waals surface area contributed by atoms with E-state index in [4.69, 9.17) is 0 Å². The fraction of sp³-hybridized carbons (Fsp3) is 0.615. The molecule has 4 nitrogen and oxygen atoms in total. The van der Waals surface area contributed by atoms with E-state index >= 15 is 0 Å². The molecule has 0 bridgehead atoms. The summed E-state index contributed by atoms with van der Waals surface area (Å²) in [5.74, 6) is 0.932. The molecule has 0 aliphatic rings. The lowest BCUT2D eigenvalue weighted by Crippen LogP contribution is -2.14. The molecule has 0 unspecified atom stereocenters. The van der Waals surface area contributed by atoms with Crippen molar-refractivity contribution in [1.29, 1.82) is 0 Å². The molecule has 4 heteroatoms. The van der Waals surface area contributed by atoms with E-state index in [1.54, 1.807) is 17.7 Å². The number of aryl methyl sites for hydroxylation is 2. The minimum Gasteiger partial charge on any atom is -0.300 e. The highest BCUT2D eigenvalue weighted by molar-refractivity contribution is 5.78. The number of imidazole rings is 1. The first-order valence-electron chi connectivity index (χ1n) is 6.12. The van der Waals surface area contributed by atoms with E-state index in [1.165, 1.54) is 6.92 Å². The summed E-state index contributed by atoms with van der Waals surface area (Å²) in [6, 6.07) is 0. The molecular weight excluding hydrogens is 216 g/mol. The Balaban J connectivity index is 2.86. The molecule has 1 heterocycles. The van der Waals surface area contributed by atoms with Gasteiger partial charge in [0.25, 0.3) is 0 Å². The van der Waals surface area contributed by atoms with Gasteiger partial charge in [-0.15, -0.1) is 0 Å². The van der Waals surface area contributed by atoms with Gasteiger partial charge in [0, 0.05) is 31.7 Å². The van der Waals surface area contributed by atoms with Crippen LogP contribution >= 0.6 is 0 Å². The van der Waals surface area contributed by atoms with Crippen LogP contribution in [0.25, 0.3) is 0 Å². The van der Waals surface area contributed by atoms with Crippen LogP contribution in [0.4, 0.5) is 0 Å². The van der Waals surface area contributed by atoms with Gasteiger partial charge in [0.15, 0.2) is 0 Å². The van der Waals surface area contributed by atoms with Crippen LogP contribution in [0, 0.1) is 0 Å². The van der Waals surface area contributed by atoms with Crippen LogP contribution in [0.1, 0.15) is 56.3 Å². The Morgan fingerprint density at radius 3 is 2.53 bits per heavy atom. The van der Waals surface area contributed by atoms with E-state index in [-0.39, 0.29) is 11.7 Å². The number of nitrogens with zero attached hydrogens (tertiary/aromatic N) is 2. The molecule has 0 spiro atoms. The predicted molar refractivity (Wildman–Crippen MR) is 66.1 cm³/mol. The summed E-state index contributed by atoms with van der Waals surface area (Å²) in [4.78, 5) is 26.8. The fourth-order valence-electron chi connectivity index (χ4n) is 1.81.